The van der Waals surface area contributed by atoms with Gasteiger partial charge in [-0.2, -0.15) is 0 Å². The van der Waals surface area contributed by atoms with Crippen molar-refractivity contribution < 1.29 is 13.2 Å². The van der Waals surface area contributed by atoms with Gasteiger partial charge >= 0.3 is 0 Å². The summed E-state index contributed by atoms with van der Waals surface area (Å²) in [7, 11) is -1.41. The Bertz CT molecular complexity index is 940. The maximum absolute atomic E-state index is 12.4. The number of hydrogen-bond donors (Lipinski definition) is 1. The lowest BCUT2D eigenvalue weighted by Crippen LogP contribution is -2.45. The van der Waals surface area contributed by atoms with Gasteiger partial charge in [0.25, 0.3) is 0 Å². The second-order valence-corrected chi connectivity index (χ2v) is 9.76. The van der Waals surface area contributed by atoms with Gasteiger partial charge in [0, 0.05) is 49.9 Å². The third kappa shape index (κ3) is 5.95. The minimum atomic E-state index is -3.52. The fourth-order valence-corrected chi connectivity index (χ4v) is 4.65. The molecule has 0 aromatic heterocycles. The van der Waals surface area contributed by atoms with Crippen molar-refractivity contribution in [2.75, 3.05) is 43.9 Å². The predicted molar refractivity (Wildman–Crippen MR) is 116 cm³/mol. The zero-order chi connectivity index (χ0) is 20.9. The quantitative estimate of drug-likeness (QED) is 0.723. The Hall–Kier alpha value is -2.09. The van der Waals surface area contributed by atoms with Crippen molar-refractivity contribution in [3.8, 4) is 0 Å². The van der Waals surface area contributed by atoms with Crippen LogP contribution in [0.2, 0.25) is 5.02 Å². The van der Waals surface area contributed by atoms with Crippen LogP contribution in [0.1, 0.15) is 12.0 Å². The van der Waals surface area contributed by atoms with Crippen LogP contribution in [0, 0.1) is 0 Å². The molecule has 1 heterocycles. The zero-order valence-corrected chi connectivity index (χ0v) is 18.0. The SMILES string of the molecule is CN1CCN(c2ccccc2CNC(=O)CCS(=O)(=O)c2ccc(Cl)cc2)CC1. The number of hydrogen-bond acceptors (Lipinski definition) is 5. The maximum Gasteiger partial charge on any atom is 0.221 e. The molecule has 1 aliphatic heterocycles. The molecule has 2 aromatic carbocycles. The van der Waals surface area contributed by atoms with E-state index in [4.69, 9.17) is 11.6 Å². The van der Waals surface area contributed by atoms with E-state index < -0.39 is 9.84 Å². The van der Waals surface area contributed by atoms with Gasteiger partial charge in [0.05, 0.1) is 10.6 Å². The van der Waals surface area contributed by atoms with Crippen molar-refractivity contribution in [3.05, 3.63) is 59.1 Å². The molecule has 1 saturated heterocycles. The number of likely N-dealkylation sites (N-methyl/N-ethyl adjacent to an activating group) is 1. The number of para-hydroxylation sites is 1. The molecule has 1 N–H and O–H groups in total. The van der Waals surface area contributed by atoms with Crippen LogP contribution in [0.3, 0.4) is 0 Å². The number of benzene rings is 2. The molecule has 2 aromatic rings. The van der Waals surface area contributed by atoms with Gasteiger partial charge in [-0.15, -0.1) is 0 Å². The number of carbonyl (C=O) groups is 1. The first-order chi connectivity index (χ1) is 13.8. The van der Waals surface area contributed by atoms with Crippen LogP contribution < -0.4 is 10.2 Å². The number of piperazine rings is 1. The lowest BCUT2D eigenvalue weighted by Gasteiger charge is -2.35. The van der Waals surface area contributed by atoms with Crippen molar-refractivity contribution >= 4 is 33.0 Å². The highest BCUT2D eigenvalue weighted by Gasteiger charge is 2.18. The van der Waals surface area contributed by atoms with Crippen LogP contribution >= 0.6 is 11.6 Å². The average molecular weight is 436 g/mol. The summed E-state index contributed by atoms with van der Waals surface area (Å²) in [5.41, 5.74) is 2.15. The fourth-order valence-electron chi connectivity index (χ4n) is 3.29. The number of carbonyl (C=O) groups excluding carboxylic acids is 1. The van der Waals surface area contributed by atoms with Crippen LogP contribution in [-0.2, 0) is 21.2 Å². The number of anilines is 1. The molecule has 8 heteroatoms. The van der Waals surface area contributed by atoms with Crippen LogP contribution in [0.25, 0.3) is 0 Å². The van der Waals surface area contributed by atoms with Gasteiger partial charge in [0.2, 0.25) is 5.91 Å². The van der Waals surface area contributed by atoms with E-state index in [1.807, 2.05) is 18.2 Å². The molecule has 0 atom stereocenters. The van der Waals surface area contributed by atoms with Crippen LogP contribution in [0.15, 0.2) is 53.4 Å². The molecule has 0 unspecified atom stereocenters. The van der Waals surface area contributed by atoms with Gasteiger partial charge in [-0.25, -0.2) is 8.42 Å². The van der Waals surface area contributed by atoms with Crippen molar-refractivity contribution in [3.63, 3.8) is 0 Å². The van der Waals surface area contributed by atoms with E-state index in [1.54, 1.807) is 0 Å². The van der Waals surface area contributed by atoms with Gasteiger partial charge < -0.3 is 15.1 Å². The summed E-state index contributed by atoms with van der Waals surface area (Å²) in [5, 5.41) is 3.33. The second kappa shape index (κ2) is 9.61. The molecule has 156 valence electrons. The predicted octanol–water partition coefficient (Wildman–Crippen LogP) is 2.57. The number of nitrogens with one attached hydrogen (secondary N) is 1. The summed E-state index contributed by atoms with van der Waals surface area (Å²) in [4.78, 5) is 17.1. The highest BCUT2D eigenvalue weighted by atomic mass is 35.5. The lowest BCUT2D eigenvalue weighted by atomic mass is 10.1. The van der Waals surface area contributed by atoms with Crippen molar-refractivity contribution in [2.45, 2.75) is 17.9 Å². The monoisotopic (exact) mass is 435 g/mol. The van der Waals surface area contributed by atoms with Crippen molar-refractivity contribution in [1.29, 1.82) is 0 Å². The molecule has 1 aliphatic rings. The van der Waals surface area contributed by atoms with Crippen LogP contribution in [-0.4, -0.2) is 58.2 Å². The second-order valence-electron chi connectivity index (χ2n) is 7.22. The summed E-state index contributed by atoms with van der Waals surface area (Å²) >= 11 is 5.80. The van der Waals surface area contributed by atoms with E-state index in [2.05, 4.69) is 28.2 Å². The topological polar surface area (TPSA) is 69.7 Å². The number of nitrogens with zero attached hydrogens (tertiary/aromatic N) is 2. The summed E-state index contributed by atoms with van der Waals surface area (Å²) < 4.78 is 24.8. The Balaban J connectivity index is 1.55. The Morgan fingerprint density at radius 3 is 2.38 bits per heavy atom. The van der Waals surface area contributed by atoms with Gasteiger partial charge in [-0.1, -0.05) is 29.8 Å². The number of amides is 1. The summed E-state index contributed by atoms with van der Waals surface area (Å²) in [6, 6.07) is 14.0. The Morgan fingerprint density at radius 2 is 1.69 bits per heavy atom. The van der Waals surface area contributed by atoms with Crippen LogP contribution in [0.5, 0.6) is 0 Å². The molecule has 1 amide bonds. The van der Waals surface area contributed by atoms with Gasteiger partial charge in [-0.05, 0) is 42.9 Å². The number of rotatable bonds is 7. The first kappa shape index (κ1) is 21.6. The average Bonchev–Trinajstić information content (AvgIpc) is 2.72. The van der Waals surface area contributed by atoms with E-state index in [0.29, 0.717) is 11.6 Å². The van der Waals surface area contributed by atoms with E-state index in [0.717, 1.165) is 37.4 Å². The highest BCUT2D eigenvalue weighted by molar-refractivity contribution is 7.91. The van der Waals surface area contributed by atoms with Crippen molar-refractivity contribution in [2.24, 2.45) is 0 Å². The van der Waals surface area contributed by atoms with Crippen LogP contribution in [0.4, 0.5) is 5.69 Å². The summed E-state index contributed by atoms with van der Waals surface area (Å²) in [6.45, 7) is 4.27. The summed E-state index contributed by atoms with van der Waals surface area (Å²) in [5.74, 6) is -0.517. The summed E-state index contributed by atoms with van der Waals surface area (Å²) in [6.07, 6.45) is -0.0817. The molecule has 29 heavy (non-hydrogen) atoms. The Labute approximate surface area is 177 Å². The smallest absolute Gasteiger partial charge is 0.221 e. The molecule has 1 fully saturated rings. The van der Waals surface area contributed by atoms with Gasteiger partial charge in [0.1, 0.15) is 0 Å². The Morgan fingerprint density at radius 1 is 1.03 bits per heavy atom. The van der Waals surface area contributed by atoms with Gasteiger partial charge in [-0.3, -0.25) is 4.79 Å². The fraction of sp³-hybridized carbons (Fsp3) is 0.381. The van der Waals surface area contributed by atoms with E-state index in [9.17, 15) is 13.2 Å². The molecule has 0 saturated carbocycles. The Kier molecular flexibility index (Phi) is 7.16. The third-order valence-electron chi connectivity index (χ3n) is 5.08. The lowest BCUT2D eigenvalue weighted by molar-refractivity contribution is -0.120. The molecule has 0 bridgehead atoms. The molecular weight excluding hydrogens is 410 g/mol. The molecule has 6 nitrogen and oxygen atoms in total. The highest BCUT2D eigenvalue weighted by Crippen LogP contribution is 2.22. The molecule has 0 radical (unpaired) electrons. The number of sulfone groups is 1. The maximum atomic E-state index is 12.4. The van der Waals surface area contributed by atoms with Gasteiger partial charge in [0.15, 0.2) is 9.84 Å². The largest absolute Gasteiger partial charge is 0.369 e. The van der Waals surface area contributed by atoms with Crippen molar-refractivity contribution in [1.82, 2.24) is 10.2 Å². The third-order valence-corrected chi connectivity index (χ3v) is 7.07. The minimum absolute atomic E-state index is 0.0817. The van der Waals surface area contributed by atoms with E-state index >= 15 is 0 Å². The standard InChI is InChI=1S/C21H26ClN3O3S/c1-24-11-13-25(14-12-24)20-5-3-2-4-17(20)16-23-21(26)10-15-29(27,28)19-8-6-18(22)7-9-19/h2-9H,10-16H2,1H3,(H,23,26). The normalized spacial score (nSPS) is 15.3. The zero-order valence-electron chi connectivity index (χ0n) is 16.5. The first-order valence-electron chi connectivity index (χ1n) is 9.61. The molecule has 0 spiro atoms. The molecule has 0 aliphatic carbocycles. The molecule has 3 rings (SSSR count). The van der Waals surface area contributed by atoms with E-state index in [-0.39, 0.29) is 23.0 Å². The first-order valence-corrected chi connectivity index (χ1v) is 11.6. The van der Waals surface area contributed by atoms with E-state index in [1.165, 1.54) is 24.3 Å². The minimum Gasteiger partial charge on any atom is -0.369 e. The number of halogens is 1. The molecular formula is C21H26ClN3O3S.